The van der Waals surface area contributed by atoms with Crippen LogP contribution in [-0.4, -0.2) is 5.54 Å². The fourth-order valence-corrected chi connectivity index (χ4v) is 0.851. The second-order valence-corrected chi connectivity index (χ2v) is 2.43. The summed E-state index contributed by atoms with van der Waals surface area (Å²) in [6.07, 6.45) is 12.7. The topological polar surface area (TPSA) is 26.0 Å². The highest BCUT2D eigenvalue weighted by Gasteiger charge is 2.25. The van der Waals surface area contributed by atoms with Gasteiger partial charge >= 0.3 is 0 Å². The van der Waals surface area contributed by atoms with E-state index in [4.69, 9.17) is 12.2 Å². The van der Waals surface area contributed by atoms with Crippen LogP contribution in [0.2, 0.25) is 0 Å². The molecule has 0 saturated heterocycles. The van der Waals surface area contributed by atoms with Crippen molar-refractivity contribution in [1.29, 1.82) is 0 Å². The minimum absolute atomic E-state index is 0.0116. The summed E-state index contributed by atoms with van der Waals surface area (Å²) < 4.78 is 0. The van der Waals surface area contributed by atoms with Gasteiger partial charge in [0, 0.05) is 5.92 Å². The Bertz CT molecular complexity index is 219. The molecule has 0 aromatic rings. The lowest BCUT2D eigenvalue weighted by atomic mass is 9.84. The Morgan fingerprint density at radius 3 is 2.70 bits per heavy atom. The van der Waals surface area contributed by atoms with Gasteiger partial charge in [-0.1, -0.05) is 30.2 Å². The zero-order valence-electron chi connectivity index (χ0n) is 5.75. The maximum absolute atomic E-state index is 5.77. The largest absolute Gasteiger partial charge is 0.311 e. The molecule has 1 aliphatic carbocycles. The van der Waals surface area contributed by atoms with Crippen LogP contribution in [0, 0.1) is 25.2 Å². The summed E-state index contributed by atoms with van der Waals surface area (Å²) in [4.78, 5) is 0. The second kappa shape index (κ2) is 2.32. The van der Waals surface area contributed by atoms with E-state index < -0.39 is 5.54 Å². The second-order valence-electron chi connectivity index (χ2n) is 2.43. The SMILES string of the molecule is C#CC1(N)C=CC=CC1[CH2]. The third-order valence-electron chi connectivity index (χ3n) is 1.69. The first kappa shape index (κ1) is 7.11. The van der Waals surface area contributed by atoms with E-state index in [1.54, 1.807) is 6.08 Å². The Hall–Kier alpha value is -1.00. The Kier molecular flexibility index (Phi) is 1.65. The highest BCUT2D eigenvalue weighted by molar-refractivity contribution is 5.34. The van der Waals surface area contributed by atoms with Gasteiger partial charge in [0.05, 0.1) is 0 Å². The highest BCUT2D eigenvalue weighted by atomic mass is 14.7. The standard InChI is InChI=1S/C9H10N/c1-3-9(10)7-5-4-6-8(9)2/h1,4-8H,2,10H2. The van der Waals surface area contributed by atoms with Gasteiger partial charge in [-0.15, -0.1) is 6.42 Å². The molecule has 1 radical (unpaired) electrons. The Labute approximate surface area is 61.6 Å². The zero-order chi connectivity index (χ0) is 7.61. The number of hydrogen-bond acceptors (Lipinski definition) is 1. The molecule has 2 atom stereocenters. The lowest BCUT2D eigenvalue weighted by Gasteiger charge is -2.26. The molecule has 0 aliphatic heterocycles. The van der Waals surface area contributed by atoms with Crippen LogP contribution < -0.4 is 5.73 Å². The molecule has 1 nitrogen and oxygen atoms in total. The third kappa shape index (κ3) is 0.984. The van der Waals surface area contributed by atoms with Crippen molar-refractivity contribution in [2.24, 2.45) is 11.7 Å². The smallest absolute Gasteiger partial charge is 0.102 e. The van der Waals surface area contributed by atoms with E-state index in [1.165, 1.54) is 0 Å². The Morgan fingerprint density at radius 2 is 2.30 bits per heavy atom. The first-order chi connectivity index (χ1) is 4.69. The van der Waals surface area contributed by atoms with Crippen molar-refractivity contribution in [1.82, 2.24) is 0 Å². The molecule has 1 heteroatoms. The quantitative estimate of drug-likeness (QED) is 0.487. The van der Waals surface area contributed by atoms with Crippen LogP contribution in [-0.2, 0) is 0 Å². The zero-order valence-corrected chi connectivity index (χ0v) is 5.75. The molecule has 0 amide bonds. The molecule has 0 heterocycles. The number of allylic oxidation sites excluding steroid dienone is 2. The number of rotatable bonds is 0. The lowest BCUT2D eigenvalue weighted by molar-refractivity contribution is 0.568. The molecule has 0 bridgehead atoms. The summed E-state index contributed by atoms with van der Waals surface area (Å²) in [7, 11) is 0. The number of terminal acetylenes is 1. The normalized spacial score (nSPS) is 37.5. The van der Waals surface area contributed by atoms with Gasteiger partial charge in [0.25, 0.3) is 0 Å². The van der Waals surface area contributed by atoms with Crippen molar-refractivity contribution < 1.29 is 0 Å². The Morgan fingerprint density at radius 1 is 1.60 bits per heavy atom. The van der Waals surface area contributed by atoms with Gasteiger partial charge in [0.1, 0.15) is 5.54 Å². The van der Waals surface area contributed by atoms with Gasteiger partial charge in [-0.25, -0.2) is 0 Å². The summed E-state index contributed by atoms with van der Waals surface area (Å²) in [6, 6.07) is 0. The van der Waals surface area contributed by atoms with Crippen molar-refractivity contribution in [3.8, 4) is 12.3 Å². The van der Waals surface area contributed by atoms with Crippen LogP contribution in [0.15, 0.2) is 24.3 Å². The van der Waals surface area contributed by atoms with E-state index in [-0.39, 0.29) is 5.92 Å². The van der Waals surface area contributed by atoms with E-state index in [1.807, 2.05) is 18.2 Å². The van der Waals surface area contributed by atoms with Crippen LogP contribution in [0.25, 0.3) is 0 Å². The molecule has 2 N–H and O–H groups in total. The predicted octanol–water partition coefficient (Wildman–Crippen LogP) is 0.893. The van der Waals surface area contributed by atoms with Gasteiger partial charge in [0.2, 0.25) is 0 Å². The van der Waals surface area contributed by atoms with E-state index in [0.717, 1.165) is 0 Å². The van der Waals surface area contributed by atoms with Crippen molar-refractivity contribution in [3.05, 3.63) is 31.2 Å². The molecule has 0 fully saturated rings. The monoisotopic (exact) mass is 132 g/mol. The Balaban J connectivity index is 2.91. The highest BCUT2D eigenvalue weighted by Crippen LogP contribution is 2.19. The molecule has 10 heavy (non-hydrogen) atoms. The molecular weight excluding hydrogens is 122 g/mol. The van der Waals surface area contributed by atoms with Crippen LogP contribution in [0.4, 0.5) is 0 Å². The van der Waals surface area contributed by atoms with Crippen LogP contribution in [0.3, 0.4) is 0 Å². The van der Waals surface area contributed by atoms with Crippen molar-refractivity contribution >= 4 is 0 Å². The van der Waals surface area contributed by atoms with E-state index in [0.29, 0.717) is 0 Å². The summed E-state index contributed by atoms with van der Waals surface area (Å²) in [5.74, 6) is 2.50. The van der Waals surface area contributed by atoms with Gasteiger partial charge in [-0.2, -0.15) is 0 Å². The van der Waals surface area contributed by atoms with Gasteiger partial charge in [-0.05, 0) is 6.92 Å². The maximum atomic E-state index is 5.77. The number of nitrogens with two attached hydrogens (primary N) is 1. The van der Waals surface area contributed by atoms with Gasteiger partial charge < -0.3 is 5.73 Å². The average Bonchev–Trinajstić information content (AvgIpc) is 1.96. The number of hydrogen-bond donors (Lipinski definition) is 1. The summed E-state index contributed by atoms with van der Waals surface area (Å²) in [6.45, 7) is 3.82. The molecule has 2 unspecified atom stereocenters. The minimum Gasteiger partial charge on any atom is -0.311 e. The van der Waals surface area contributed by atoms with Gasteiger partial charge in [0.15, 0.2) is 0 Å². The van der Waals surface area contributed by atoms with Crippen molar-refractivity contribution in [2.45, 2.75) is 5.54 Å². The van der Waals surface area contributed by atoms with Crippen LogP contribution in [0.5, 0.6) is 0 Å². The fraction of sp³-hybridized carbons (Fsp3) is 0.222. The van der Waals surface area contributed by atoms with E-state index in [2.05, 4.69) is 12.8 Å². The molecule has 0 saturated carbocycles. The molecule has 0 spiro atoms. The van der Waals surface area contributed by atoms with Crippen LogP contribution >= 0.6 is 0 Å². The van der Waals surface area contributed by atoms with E-state index >= 15 is 0 Å². The van der Waals surface area contributed by atoms with Crippen molar-refractivity contribution in [3.63, 3.8) is 0 Å². The summed E-state index contributed by atoms with van der Waals surface area (Å²) >= 11 is 0. The third-order valence-corrected chi connectivity index (χ3v) is 1.69. The molecular formula is C9H10N. The molecule has 51 valence electrons. The summed E-state index contributed by atoms with van der Waals surface area (Å²) in [5.41, 5.74) is 5.09. The van der Waals surface area contributed by atoms with Crippen molar-refractivity contribution in [2.75, 3.05) is 0 Å². The van der Waals surface area contributed by atoms with E-state index in [9.17, 15) is 0 Å². The predicted molar refractivity (Wildman–Crippen MR) is 42.9 cm³/mol. The van der Waals surface area contributed by atoms with Gasteiger partial charge in [-0.3, -0.25) is 0 Å². The maximum Gasteiger partial charge on any atom is 0.102 e. The first-order valence-corrected chi connectivity index (χ1v) is 3.15. The molecule has 1 rings (SSSR count). The lowest BCUT2D eigenvalue weighted by Crippen LogP contribution is -2.42. The molecule has 1 aliphatic rings. The summed E-state index contributed by atoms with van der Waals surface area (Å²) in [5, 5.41) is 0. The first-order valence-electron chi connectivity index (χ1n) is 3.15. The molecule has 0 aromatic carbocycles. The van der Waals surface area contributed by atoms with Crippen LogP contribution in [0.1, 0.15) is 0 Å². The molecule has 0 aromatic heterocycles. The minimum atomic E-state index is -0.672. The fourth-order valence-electron chi connectivity index (χ4n) is 0.851. The average molecular weight is 132 g/mol.